The number of fused-ring (bicyclic) bond motifs is 1. The average Bonchev–Trinajstić information content (AvgIpc) is 3.42. The Morgan fingerprint density at radius 2 is 1.58 bits per heavy atom. The first-order chi connectivity index (χ1) is 16.1. The van der Waals surface area contributed by atoms with Crippen LogP contribution < -0.4 is 5.32 Å². The first kappa shape index (κ1) is 21.5. The maximum Gasteiger partial charge on any atom is 0.262 e. The normalized spacial score (nSPS) is 17.2. The summed E-state index contributed by atoms with van der Waals surface area (Å²) in [4.78, 5) is 40.7. The fourth-order valence-corrected chi connectivity index (χ4v) is 5.53. The van der Waals surface area contributed by atoms with Gasteiger partial charge in [-0.25, -0.2) is 0 Å². The fourth-order valence-electron chi connectivity index (χ4n) is 4.62. The van der Waals surface area contributed by atoms with E-state index in [9.17, 15) is 14.4 Å². The van der Waals surface area contributed by atoms with E-state index in [1.54, 1.807) is 24.3 Å². The Morgan fingerprint density at radius 3 is 2.24 bits per heavy atom. The number of hydrogen-bond donors (Lipinski definition) is 1. The predicted octanol–water partition coefficient (Wildman–Crippen LogP) is 4.43. The van der Waals surface area contributed by atoms with Crippen LogP contribution in [0, 0.1) is 0 Å². The van der Waals surface area contributed by atoms with Crippen LogP contribution in [0.1, 0.15) is 69.3 Å². The Hall–Kier alpha value is -3.39. The van der Waals surface area contributed by atoms with E-state index in [0.717, 1.165) is 28.3 Å². The van der Waals surface area contributed by atoms with Crippen molar-refractivity contribution >= 4 is 34.2 Å². The number of hydrogen-bond acceptors (Lipinski definition) is 6. The van der Waals surface area contributed by atoms with Crippen LogP contribution in [-0.2, 0) is 11.2 Å². The van der Waals surface area contributed by atoms with Crippen molar-refractivity contribution < 1.29 is 14.4 Å². The molecular weight excluding hydrogens is 436 g/mol. The molecule has 1 fully saturated rings. The topological polar surface area (TPSA) is 92.3 Å². The smallest absolute Gasteiger partial charge is 0.262 e. The van der Waals surface area contributed by atoms with Crippen molar-refractivity contribution in [2.45, 2.75) is 50.5 Å². The third-order valence-electron chi connectivity index (χ3n) is 6.34. The minimum Gasteiger partial charge on any atom is -0.299 e. The molecule has 1 aliphatic carbocycles. The highest BCUT2D eigenvalue weighted by Gasteiger charge is 2.42. The summed E-state index contributed by atoms with van der Waals surface area (Å²) in [5.41, 5.74) is 1.50. The third-order valence-corrected chi connectivity index (χ3v) is 7.34. The highest BCUT2D eigenvalue weighted by molar-refractivity contribution is 7.15. The maximum absolute atomic E-state index is 13.4. The van der Waals surface area contributed by atoms with Crippen LogP contribution in [0.4, 0.5) is 5.13 Å². The fraction of sp³-hybridized carbons (Fsp3) is 0.320. The third kappa shape index (κ3) is 4.30. The van der Waals surface area contributed by atoms with Crippen molar-refractivity contribution in [3.8, 4) is 0 Å². The van der Waals surface area contributed by atoms with Crippen LogP contribution in [0.2, 0.25) is 0 Å². The molecule has 5 rings (SSSR count). The van der Waals surface area contributed by atoms with E-state index in [0.29, 0.717) is 22.2 Å². The molecule has 3 amide bonds. The summed E-state index contributed by atoms with van der Waals surface area (Å²) in [5, 5.41) is 12.6. The first-order valence-corrected chi connectivity index (χ1v) is 12.1. The van der Waals surface area contributed by atoms with E-state index in [4.69, 9.17) is 0 Å². The second kappa shape index (κ2) is 9.23. The van der Waals surface area contributed by atoms with Crippen molar-refractivity contribution in [1.29, 1.82) is 0 Å². The molecule has 1 unspecified atom stereocenters. The zero-order valence-electron chi connectivity index (χ0n) is 18.1. The van der Waals surface area contributed by atoms with Gasteiger partial charge in [0.1, 0.15) is 11.0 Å². The SMILES string of the molecule is O=C(Nc1nnc(C2CCCCC2)s1)C(Cc1ccccc1)N1C(=O)c2ccccc2C1=O. The Kier molecular flexibility index (Phi) is 6.00. The summed E-state index contributed by atoms with van der Waals surface area (Å²) >= 11 is 1.38. The van der Waals surface area contributed by atoms with Gasteiger partial charge >= 0.3 is 0 Å². The Bertz CT molecular complexity index is 1150. The summed E-state index contributed by atoms with van der Waals surface area (Å²) < 4.78 is 0. The molecule has 7 nitrogen and oxygen atoms in total. The lowest BCUT2D eigenvalue weighted by molar-refractivity contribution is -0.119. The van der Waals surface area contributed by atoms with Crippen molar-refractivity contribution in [2.24, 2.45) is 0 Å². The average molecular weight is 461 g/mol. The lowest BCUT2D eigenvalue weighted by Gasteiger charge is -2.25. The molecule has 1 N–H and O–H groups in total. The molecule has 33 heavy (non-hydrogen) atoms. The quantitative estimate of drug-likeness (QED) is 0.550. The first-order valence-electron chi connectivity index (χ1n) is 11.3. The molecule has 8 heteroatoms. The van der Waals surface area contributed by atoms with E-state index < -0.39 is 23.8 Å². The highest BCUT2D eigenvalue weighted by Crippen LogP contribution is 2.35. The summed E-state index contributed by atoms with van der Waals surface area (Å²) in [6.45, 7) is 0. The molecular formula is C25H24N4O3S. The zero-order chi connectivity index (χ0) is 22.8. The van der Waals surface area contributed by atoms with Gasteiger partial charge in [-0.05, 0) is 30.5 Å². The lowest BCUT2D eigenvalue weighted by Crippen LogP contribution is -2.48. The summed E-state index contributed by atoms with van der Waals surface area (Å²) in [6, 6.07) is 15.1. The predicted molar refractivity (Wildman–Crippen MR) is 125 cm³/mol. The van der Waals surface area contributed by atoms with Crippen LogP contribution in [0.3, 0.4) is 0 Å². The summed E-state index contributed by atoms with van der Waals surface area (Å²) in [7, 11) is 0. The number of anilines is 1. The molecule has 1 saturated carbocycles. The van der Waals surface area contributed by atoms with E-state index >= 15 is 0 Å². The Labute approximate surface area is 195 Å². The minimum absolute atomic E-state index is 0.215. The largest absolute Gasteiger partial charge is 0.299 e. The van der Waals surface area contributed by atoms with Gasteiger partial charge in [-0.15, -0.1) is 10.2 Å². The molecule has 2 heterocycles. The highest BCUT2D eigenvalue weighted by atomic mass is 32.1. The number of aromatic nitrogens is 2. The monoisotopic (exact) mass is 460 g/mol. The molecule has 1 atom stereocenters. The van der Waals surface area contributed by atoms with E-state index in [1.807, 2.05) is 30.3 Å². The second-order valence-electron chi connectivity index (χ2n) is 8.50. The van der Waals surface area contributed by atoms with Crippen molar-refractivity contribution in [3.63, 3.8) is 0 Å². The molecule has 1 aromatic heterocycles. The van der Waals surface area contributed by atoms with Gasteiger partial charge in [-0.1, -0.05) is 73.1 Å². The molecule has 0 radical (unpaired) electrons. The minimum atomic E-state index is -0.998. The van der Waals surface area contributed by atoms with Crippen LogP contribution in [0.25, 0.3) is 0 Å². The Morgan fingerprint density at radius 1 is 0.939 bits per heavy atom. The van der Waals surface area contributed by atoms with Gasteiger partial charge in [0.05, 0.1) is 11.1 Å². The molecule has 2 aliphatic rings. The van der Waals surface area contributed by atoms with E-state index in [2.05, 4.69) is 15.5 Å². The van der Waals surface area contributed by atoms with Gasteiger partial charge in [0.15, 0.2) is 0 Å². The van der Waals surface area contributed by atoms with E-state index in [-0.39, 0.29) is 6.42 Å². The Balaban J connectivity index is 1.40. The van der Waals surface area contributed by atoms with Gasteiger partial charge in [0, 0.05) is 12.3 Å². The standard InChI is InChI=1S/C25H24N4O3S/c30-21(26-25-28-27-22(33-25)17-11-5-2-6-12-17)20(15-16-9-3-1-4-10-16)29-23(31)18-13-7-8-14-19(18)24(29)32/h1,3-4,7-10,13-14,17,20H,2,5-6,11-12,15H2,(H,26,28,30). The maximum atomic E-state index is 13.4. The number of amides is 3. The van der Waals surface area contributed by atoms with E-state index in [1.165, 1.54) is 30.6 Å². The molecule has 0 bridgehead atoms. The number of carbonyl (C=O) groups excluding carboxylic acids is 3. The van der Waals surface area contributed by atoms with Crippen LogP contribution in [-0.4, -0.2) is 38.9 Å². The summed E-state index contributed by atoms with van der Waals surface area (Å²) in [6.07, 6.45) is 6.02. The number of carbonyl (C=O) groups is 3. The van der Waals surface area contributed by atoms with Gasteiger partial charge in [0.2, 0.25) is 11.0 Å². The molecule has 0 saturated heterocycles. The van der Waals surface area contributed by atoms with Crippen molar-refractivity contribution in [3.05, 3.63) is 76.3 Å². The van der Waals surface area contributed by atoms with Gasteiger partial charge in [-0.3, -0.25) is 24.6 Å². The number of nitrogens with one attached hydrogen (secondary N) is 1. The number of benzene rings is 2. The van der Waals surface area contributed by atoms with Gasteiger partial charge < -0.3 is 0 Å². The molecule has 0 spiro atoms. The number of imide groups is 1. The number of rotatable bonds is 6. The van der Waals surface area contributed by atoms with Gasteiger partial charge in [0.25, 0.3) is 11.8 Å². The van der Waals surface area contributed by atoms with Crippen LogP contribution >= 0.6 is 11.3 Å². The lowest BCUT2D eigenvalue weighted by atomic mass is 9.90. The number of nitrogens with zero attached hydrogens (tertiary/aromatic N) is 3. The summed E-state index contributed by atoms with van der Waals surface area (Å²) in [5.74, 6) is -0.961. The van der Waals surface area contributed by atoms with Gasteiger partial charge in [-0.2, -0.15) is 0 Å². The molecule has 1 aliphatic heterocycles. The second-order valence-corrected chi connectivity index (χ2v) is 9.51. The molecule has 2 aromatic carbocycles. The van der Waals surface area contributed by atoms with Crippen LogP contribution in [0.5, 0.6) is 0 Å². The van der Waals surface area contributed by atoms with Crippen molar-refractivity contribution in [1.82, 2.24) is 15.1 Å². The molecule has 3 aromatic rings. The zero-order valence-corrected chi connectivity index (χ0v) is 18.9. The van der Waals surface area contributed by atoms with Crippen LogP contribution in [0.15, 0.2) is 54.6 Å². The van der Waals surface area contributed by atoms with Crippen molar-refractivity contribution in [2.75, 3.05) is 5.32 Å². The molecule has 168 valence electrons.